The Morgan fingerprint density at radius 1 is 1.16 bits per heavy atom. The summed E-state index contributed by atoms with van der Waals surface area (Å²) >= 11 is 1.77. The maximum atomic E-state index is 12.6. The van der Waals surface area contributed by atoms with E-state index >= 15 is 0 Å². The smallest absolute Gasteiger partial charge is 0.253 e. The molecule has 168 valence electrons. The number of rotatable bonds is 6. The van der Waals surface area contributed by atoms with Crippen LogP contribution in [0.15, 0.2) is 40.7 Å². The molecule has 0 unspecified atom stereocenters. The highest BCUT2D eigenvalue weighted by atomic mass is 127. The monoisotopic (exact) mass is 555 g/mol. The van der Waals surface area contributed by atoms with Crippen molar-refractivity contribution in [3.63, 3.8) is 0 Å². The first kappa shape index (κ1) is 25.1. The number of hydrogen-bond acceptors (Lipinski definition) is 4. The van der Waals surface area contributed by atoms with Crippen LogP contribution in [0.4, 0.5) is 0 Å². The molecule has 2 N–H and O–H groups in total. The molecular formula is C22H30IN5O2S. The molecule has 2 amide bonds. The highest BCUT2D eigenvalue weighted by Crippen LogP contribution is 2.23. The summed E-state index contributed by atoms with van der Waals surface area (Å²) in [5.74, 6) is 0.655. The summed E-state index contributed by atoms with van der Waals surface area (Å²) in [5, 5.41) is 8.41. The first-order valence-corrected chi connectivity index (χ1v) is 11.0. The summed E-state index contributed by atoms with van der Waals surface area (Å²) in [6.07, 6.45) is 0.930. The van der Waals surface area contributed by atoms with Gasteiger partial charge < -0.3 is 20.4 Å². The molecule has 31 heavy (non-hydrogen) atoms. The molecule has 3 rings (SSSR count). The van der Waals surface area contributed by atoms with Crippen molar-refractivity contribution in [3.05, 3.63) is 57.3 Å². The lowest BCUT2D eigenvalue weighted by Gasteiger charge is -2.27. The normalized spacial score (nSPS) is 13.1. The topological polar surface area (TPSA) is 77.0 Å². The lowest BCUT2D eigenvalue weighted by atomic mass is 10.1. The fourth-order valence-corrected chi connectivity index (χ4v) is 4.15. The van der Waals surface area contributed by atoms with Crippen LogP contribution in [0.25, 0.3) is 0 Å². The summed E-state index contributed by atoms with van der Waals surface area (Å²) in [5.41, 5.74) is 2.91. The van der Waals surface area contributed by atoms with Crippen LogP contribution in [0.5, 0.6) is 0 Å². The third-order valence-electron chi connectivity index (χ3n) is 4.94. The molecule has 0 bridgehead atoms. The lowest BCUT2D eigenvalue weighted by Crippen LogP contribution is -2.45. The highest BCUT2D eigenvalue weighted by molar-refractivity contribution is 14.0. The molecule has 1 aromatic carbocycles. The minimum atomic E-state index is -0.0224. The van der Waals surface area contributed by atoms with E-state index in [2.05, 4.69) is 27.1 Å². The number of carbonyl (C=O) groups is 2. The Morgan fingerprint density at radius 3 is 2.58 bits per heavy atom. The van der Waals surface area contributed by atoms with E-state index < -0.39 is 0 Å². The fourth-order valence-electron chi connectivity index (χ4n) is 3.26. The van der Waals surface area contributed by atoms with Gasteiger partial charge >= 0.3 is 0 Å². The number of carbonyl (C=O) groups excluding carboxylic acids is 2. The van der Waals surface area contributed by atoms with Crippen molar-refractivity contribution in [2.75, 3.05) is 33.7 Å². The zero-order chi connectivity index (χ0) is 21.5. The average molecular weight is 555 g/mol. The molecule has 7 nitrogen and oxygen atoms in total. The standard InChI is InChI=1S/C22H29N5O2S.HI/c1-4-23-22(24-13-16-5-7-17(8-6-16)21(29)26(2)3)25-14-20(28)27-11-9-19-18(15-27)10-12-30-19;/h5-8,10,12H,4,9,11,13-15H2,1-3H3,(H2,23,24,25);1H. The van der Waals surface area contributed by atoms with Crippen molar-refractivity contribution in [1.29, 1.82) is 0 Å². The van der Waals surface area contributed by atoms with Crippen LogP contribution < -0.4 is 10.6 Å². The number of halogens is 1. The lowest BCUT2D eigenvalue weighted by molar-refractivity contribution is -0.130. The van der Waals surface area contributed by atoms with Crippen molar-refractivity contribution in [3.8, 4) is 0 Å². The summed E-state index contributed by atoms with van der Waals surface area (Å²) in [6.45, 7) is 4.82. The quantitative estimate of drug-likeness (QED) is 0.327. The van der Waals surface area contributed by atoms with Crippen molar-refractivity contribution in [2.45, 2.75) is 26.4 Å². The van der Waals surface area contributed by atoms with Crippen LogP contribution in [-0.4, -0.2) is 61.3 Å². The molecule has 1 aliphatic heterocycles. The van der Waals surface area contributed by atoms with Crippen molar-refractivity contribution >= 4 is 53.1 Å². The van der Waals surface area contributed by atoms with E-state index in [1.165, 1.54) is 10.4 Å². The SMILES string of the molecule is CCNC(=NCc1ccc(C(=O)N(C)C)cc1)NCC(=O)N1CCc2sccc2C1.I. The van der Waals surface area contributed by atoms with E-state index in [1.54, 1.807) is 30.3 Å². The van der Waals surface area contributed by atoms with Crippen LogP contribution in [0.1, 0.15) is 33.3 Å². The summed E-state index contributed by atoms with van der Waals surface area (Å²) in [7, 11) is 3.47. The third-order valence-corrected chi connectivity index (χ3v) is 5.96. The summed E-state index contributed by atoms with van der Waals surface area (Å²) in [4.78, 5) is 34.0. The molecule has 0 atom stereocenters. The van der Waals surface area contributed by atoms with Crippen LogP contribution in [0, 0.1) is 0 Å². The minimum Gasteiger partial charge on any atom is -0.357 e. The Labute approximate surface area is 204 Å². The molecule has 1 aromatic heterocycles. The van der Waals surface area contributed by atoms with E-state index in [0.29, 0.717) is 31.2 Å². The second-order valence-electron chi connectivity index (χ2n) is 7.38. The number of thiophene rings is 1. The van der Waals surface area contributed by atoms with E-state index in [-0.39, 0.29) is 42.3 Å². The van der Waals surface area contributed by atoms with E-state index in [1.807, 2.05) is 36.1 Å². The highest BCUT2D eigenvalue weighted by Gasteiger charge is 2.21. The predicted octanol–water partition coefficient (Wildman–Crippen LogP) is 2.71. The zero-order valence-electron chi connectivity index (χ0n) is 18.2. The van der Waals surface area contributed by atoms with Gasteiger partial charge in [-0.15, -0.1) is 35.3 Å². The Morgan fingerprint density at radius 2 is 1.90 bits per heavy atom. The van der Waals surface area contributed by atoms with E-state index in [0.717, 1.165) is 18.5 Å². The van der Waals surface area contributed by atoms with Crippen LogP contribution in [0.3, 0.4) is 0 Å². The van der Waals surface area contributed by atoms with Crippen LogP contribution in [-0.2, 0) is 24.3 Å². The molecule has 2 heterocycles. The molecule has 9 heteroatoms. The van der Waals surface area contributed by atoms with Gasteiger partial charge in [0.1, 0.15) is 0 Å². The first-order chi connectivity index (χ1) is 14.5. The molecule has 0 saturated carbocycles. The number of nitrogens with zero attached hydrogens (tertiary/aromatic N) is 3. The number of hydrogen-bond donors (Lipinski definition) is 2. The van der Waals surface area contributed by atoms with Gasteiger partial charge in [-0.2, -0.15) is 0 Å². The van der Waals surface area contributed by atoms with Gasteiger partial charge in [-0.3, -0.25) is 9.59 Å². The largest absolute Gasteiger partial charge is 0.357 e. The summed E-state index contributed by atoms with van der Waals surface area (Å²) in [6, 6.07) is 9.54. The maximum Gasteiger partial charge on any atom is 0.253 e. The van der Waals surface area contributed by atoms with Crippen LogP contribution in [0.2, 0.25) is 0 Å². The van der Waals surface area contributed by atoms with Crippen molar-refractivity contribution in [1.82, 2.24) is 20.4 Å². The van der Waals surface area contributed by atoms with Gasteiger partial charge in [-0.05, 0) is 48.1 Å². The number of aliphatic imine (C=N–C) groups is 1. The van der Waals surface area contributed by atoms with Gasteiger partial charge in [-0.25, -0.2) is 4.99 Å². The van der Waals surface area contributed by atoms with Gasteiger partial charge in [0.05, 0.1) is 13.1 Å². The molecular weight excluding hydrogens is 525 g/mol. The van der Waals surface area contributed by atoms with Crippen molar-refractivity contribution in [2.24, 2.45) is 4.99 Å². The summed E-state index contributed by atoms with van der Waals surface area (Å²) < 4.78 is 0. The van der Waals surface area contributed by atoms with Gasteiger partial charge in [0.15, 0.2) is 5.96 Å². The number of amides is 2. The minimum absolute atomic E-state index is 0. The van der Waals surface area contributed by atoms with E-state index in [9.17, 15) is 9.59 Å². The maximum absolute atomic E-state index is 12.6. The molecule has 0 spiro atoms. The second kappa shape index (κ2) is 12.0. The van der Waals surface area contributed by atoms with Gasteiger partial charge in [0, 0.05) is 44.2 Å². The fraction of sp³-hybridized carbons (Fsp3) is 0.409. The predicted molar refractivity (Wildman–Crippen MR) is 136 cm³/mol. The number of nitrogens with one attached hydrogen (secondary N) is 2. The molecule has 0 fully saturated rings. The Kier molecular flexibility index (Phi) is 9.76. The second-order valence-corrected chi connectivity index (χ2v) is 8.38. The zero-order valence-corrected chi connectivity index (χ0v) is 21.3. The average Bonchev–Trinajstić information content (AvgIpc) is 3.23. The molecule has 0 aliphatic carbocycles. The third kappa shape index (κ3) is 6.93. The molecule has 0 saturated heterocycles. The van der Waals surface area contributed by atoms with Crippen LogP contribution >= 0.6 is 35.3 Å². The number of guanidine groups is 1. The Balaban J connectivity index is 0.00000341. The van der Waals surface area contributed by atoms with Gasteiger partial charge in [-0.1, -0.05) is 12.1 Å². The number of benzene rings is 1. The molecule has 1 aliphatic rings. The first-order valence-electron chi connectivity index (χ1n) is 10.1. The Bertz CT molecular complexity index is 911. The van der Waals surface area contributed by atoms with E-state index in [4.69, 9.17) is 0 Å². The Hall–Kier alpha value is -2.14. The molecule has 0 radical (unpaired) electrons. The van der Waals surface area contributed by atoms with Crippen molar-refractivity contribution < 1.29 is 9.59 Å². The van der Waals surface area contributed by atoms with Gasteiger partial charge in [0.25, 0.3) is 5.91 Å². The number of fused-ring (bicyclic) bond motifs is 1. The molecule has 2 aromatic rings. The van der Waals surface area contributed by atoms with Gasteiger partial charge in [0.2, 0.25) is 5.91 Å².